The molecule has 2 rings (SSSR count). The van der Waals surface area contributed by atoms with E-state index in [4.69, 9.17) is 4.42 Å². The molecule has 5 atom stereocenters. The Hall–Kier alpha value is -2.55. The monoisotopic (exact) mass is 459 g/mol. The molecule has 12 nitrogen and oxygen atoms in total. The molecule has 172 valence electrons. The summed E-state index contributed by atoms with van der Waals surface area (Å²) in [4.78, 5) is 16.4. The van der Waals surface area contributed by atoms with Gasteiger partial charge in [0.1, 0.15) is 24.6 Å². The lowest BCUT2D eigenvalue weighted by atomic mass is 9.89. The molecule has 6 N–H and O–H groups in total. The van der Waals surface area contributed by atoms with E-state index in [2.05, 4.69) is 4.98 Å². The van der Waals surface area contributed by atoms with Crippen LogP contribution in [0.25, 0.3) is 0 Å². The number of amides is 1. The minimum atomic E-state index is -3.73. The fourth-order valence-electron chi connectivity index (χ4n) is 2.62. The number of benzene rings is 1. The number of nitrogens with zero attached hydrogens (tertiary/aromatic N) is 2. The Morgan fingerprint density at radius 2 is 1.77 bits per heavy atom. The van der Waals surface area contributed by atoms with Gasteiger partial charge in [-0.25, -0.2) is 12.7 Å². The molecule has 1 heterocycles. The zero-order valence-electron chi connectivity index (χ0n) is 16.9. The van der Waals surface area contributed by atoms with Gasteiger partial charge in [0.05, 0.1) is 12.4 Å². The zero-order valence-corrected chi connectivity index (χ0v) is 17.8. The number of sulfonamides is 1. The van der Waals surface area contributed by atoms with E-state index >= 15 is 0 Å². The van der Waals surface area contributed by atoms with Crippen molar-refractivity contribution in [3.05, 3.63) is 47.9 Å². The number of aliphatic hydroxyl groups is 5. The summed E-state index contributed by atoms with van der Waals surface area (Å²) in [5.74, 6) is -1.16. The minimum Gasteiger partial charge on any atom is -0.430 e. The van der Waals surface area contributed by atoms with Gasteiger partial charge in [-0.3, -0.25) is 4.79 Å². The first-order valence-corrected chi connectivity index (χ1v) is 10.9. The van der Waals surface area contributed by atoms with Gasteiger partial charge in [-0.2, -0.15) is 4.98 Å². The summed E-state index contributed by atoms with van der Waals surface area (Å²) in [6.07, 6.45) is -5.96. The van der Waals surface area contributed by atoms with E-state index in [9.17, 15) is 38.7 Å². The van der Waals surface area contributed by atoms with Crippen LogP contribution in [-0.4, -0.2) is 82.2 Å². The van der Waals surface area contributed by atoms with Gasteiger partial charge in [0, 0.05) is 7.05 Å². The van der Waals surface area contributed by atoms with E-state index in [1.807, 2.05) is 5.32 Å². The van der Waals surface area contributed by atoms with Gasteiger partial charge in [0.2, 0.25) is 10.0 Å². The van der Waals surface area contributed by atoms with Gasteiger partial charge >= 0.3 is 6.01 Å². The first-order valence-electron chi connectivity index (χ1n) is 9.00. The van der Waals surface area contributed by atoms with Crippen LogP contribution in [0.3, 0.4) is 0 Å². The topological polar surface area (TPSA) is 194 Å². The molecule has 0 aliphatic carbocycles. The molecule has 0 bridgehead atoms. The lowest BCUT2D eigenvalue weighted by Crippen LogP contribution is -2.65. The molecule has 1 aromatic carbocycles. The van der Waals surface area contributed by atoms with Crippen molar-refractivity contribution in [3.8, 4) is 0 Å². The van der Waals surface area contributed by atoms with Crippen molar-refractivity contribution in [2.45, 2.75) is 37.1 Å². The second kappa shape index (κ2) is 9.30. The van der Waals surface area contributed by atoms with Crippen LogP contribution in [0.1, 0.15) is 29.1 Å². The first-order chi connectivity index (χ1) is 14.3. The summed E-state index contributed by atoms with van der Waals surface area (Å²) in [6.45, 7) is 1.13. The number of aliphatic hydroxyl groups excluding tert-OH is 4. The Kier molecular flexibility index (Phi) is 7.41. The number of hydrogen-bond acceptors (Lipinski definition) is 10. The van der Waals surface area contributed by atoms with E-state index < -0.39 is 57.8 Å². The third-order valence-corrected chi connectivity index (χ3v) is 5.76. The predicted molar refractivity (Wildman–Crippen MR) is 107 cm³/mol. The smallest absolute Gasteiger partial charge is 0.311 e. The fraction of sp³-hybridized carbons (Fsp3) is 0.444. The van der Waals surface area contributed by atoms with Gasteiger partial charge < -0.3 is 35.3 Å². The Bertz CT molecular complexity index is 996. The van der Waals surface area contributed by atoms with Gasteiger partial charge in [0.15, 0.2) is 11.4 Å². The van der Waals surface area contributed by atoms with Crippen molar-refractivity contribution < 1.29 is 43.2 Å². The predicted octanol–water partition coefficient (Wildman–Crippen LogP) is -1.67. The van der Waals surface area contributed by atoms with Crippen molar-refractivity contribution in [1.82, 2.24) is 10.3 Å². The Morgan fingerprint density at radius 3 is 2.29 bits per heavy atom. The summed E-state index contributed by atoms with van der Waals surface area (Å²) in [6, 6.07) is 7.05. The highest BCUT2D eigenvalue weighted by Gasteiger charge is 2.49. The van der Waals surface area contributed by atoms with Crippen molar-refractivity contribution >= 4 is 21.9 Å². The molecular weight excluding hydrogens is 434 g/mol. The van der Waals surface area contributed by atoms with Crippen LogP contribution in [0.15, 0.2) is 41.0 Å². The summed E-state index contributed by atoms with van der Waals surface area (Å²) in [5.41, 5.74) is -3.28. The third-order valence-electron chi connectivity index (χ3n) is 4.61. The molecule has 1 aromatic heterocycles. The number of aromatic nitrogens is 1. The SMILES string of the molecule is C[C@@H](O)[C@@H](O)[C@H](O)[C@](O)(NC(=O)c1coc(N(C)S(C)(=O)=O)n1)C(O)c1ccccc1. The highest BCUT2D eigenvalue weighted by atomic mass is 32.2. The van der Waals surface area contributed by atoms with Gasteiger partial charge in [-0.05, 0) is 12.5 Å². The lowest BCUT2D eigenvalue weighted by molar-refractivity contribution is -0.203. The number of carbonyl (C=O) groups is 1. The average Bonchev–Trinajstić information content (AvgIpc) is 3.21. The molecule has 1 amide bonds. The van der Waals surface area contributed by atoms with Crippen molar-refractivity contribution in [3.63, 3.8) is 0 Å². The van der Waals surface area contributed by atoms with Crippen LogP contribution in [-0.2, 0) is 10.0 Å². The van der Waals surface area contributed by atoms with Crippen LogP contribution in [0.2, 0.25) is 0 Å². The highest BCUT2D eigenvalue weighted by Crippen LogP contribution is 2.30. The quantitative estimate of drug-likeness (QED) is 0.236. The van der Waals surface area contributed by atoms with Crippen molar-refractivity contribution in [2.24, 2.45) is 0 Å². The van der Waals surface area contributed by atoms with Gasteiger partial charge in [-0.15, -0.1) is 0 Å². The summed E-state index contributed by atoms with van der Waals surface area (Å²) in [7, 11) is -2.59. The number of hydrogen-bond donors (Lipinski definition) is 6. The highest BCUT2D eigenvalue weighted by molar-refractivity contribution is 7.92. The maximum atomic E-state index is 12.7. The number of carbonyl (C=O) groups excluding carboxylic acids is 1. The van der Waals surface area contributed by atoms with E-state index in [1.54, 1.807) is 6.07 Å². The van der Waals surface area contributed by atoms with Crippen LogP contribution >= 0.6 is 0 Å². The molecule has 0 saturated heterocycles. The van der Waals surface area contributed by atoms with E-state index in [0.717, 1.165) is 26.5 Å². The lowest BCUT2D eigenvalue weighted by Gasteiger charge is -2.40. The van der Waals surface area contributed by atoms with Crippen LogP contribution in [0, 0.1) is 0 Å². The maximum absolute atomic E-state index is 12.7. The fourth-order valence-corrected chi connectivity index (χ4v) is 2.99. The van der Waals surface area contributed by atoms with Crippen molar-refractivity contribution in [1.29, 1.82) is 0 Å². The summed E-state index contributed by atoms with van der Waals surface area (Å²) in [5, 5.41) is 53.8. The normalized spacial score (nSPS) is 17.8. The van der Waals surface area contributed by atoms with Gasteiger partial charge in [0.25, 0.3) is 5.91 Å². The summed E-state index contributed by atoms with van der Waals surface area (Å²) >= 11 is 0. The van der Waals surface area contributed by atoms with Crippen LogP contribution in [0.5, 0.6) is 0 Å². The molecule has 0 radical (unpaired) electrons. The maximum Gasteiger partial charge on any atom is 0.311 e. The summed E-state index contributed by atoms with van der Waals surface area (Å²) < 4.78 is 28.8. The number of oxazole rings is 1. The first kappa shape index (κ1) is 24.7. The van der Waals surface area contributed by atoms with Crippen LogP contribution in [0.4, 0.5) is 6.01 Å². The van der Waals surface area contributed by atoms with Crippen molar-refractivity contribution in [2.75, 3.05) is 17.6 Å². The molecule has 2 aromatic rings. The molecule has 13 heteroatoms. The third kappa shape index (κ3) is 5.39. The molecule has 0 spiro atoms. The molecule has 0 saturated carbocycles. The van der Waals surface area contributed by atoms with E-state index in [0.29, 0.717) is 4.31 Å². The number of anilines is 1. The largest absolute Gasteiger partial charge is 0.430 e. The number of nitrogens with one attached hydrogen (secondary N) is 1. The standard InChI is InChI=1S/C18H25N3O9S/c1-10(22)13(23)15(25)18(27,14(24)11-7-5-4-6-8-11)20-16(26)12-9-30-17(19-12)21(2)31(3,28)29/h4-10,13-15,22-25,27H,1-3H3,(H,20,26)/t10-,13-,14?,15+,18+/m1/s1. The molecule has 0 aliphatic rings. The second-order valence-corrected chi connectivity index (χ2v) is 9.03. The Balaban J connectivity index is 2.39. The second-order valence-electron chi connectivity index (χ2n) is 7.01. The molecule has 1 unspecified atom stereocenters. The van der Waals surface area contributed by atoms with E-state index in [1.165, 1.54) is 24.3 Å². The Labute approximate surface area is 178 Å². The molecular formula is C18H25N3O9S. The Morgan fingerprint density at radius 1 is 1.19 bits per heavy atom. The number of rotatable bonds is 9. The van der Waals surface area contributed by atoms with Gasteiger partial charge in [-0.1, -0.05) is 30.3 Å². The molecule has 0 aliphatic heterocycles. The molecule has 0 fully saturated rings. The van der Waals surface area contributed by atoms with E-state index in [-0.39, 0.29) is 5.56 Å². The average molecular weight is 459 g/mol. The minimum absolute atomic E-state index is 0.0831. The zero-order chi connectivity index (χ0) is 23.6. The molecule has 31 heavy (non-hydrogen) atoms. The van der Waals surface area contributed by atoms with Crippen LogP contribution < -0.4 is 9.62 Å².